The van der Waals surface area contributed by atoms with Gasteiger partial charge in [-0.25, -0.2) is 4.79 Å². The van der Waals surface area contributed by atoms with Crippen LogP contribution in [0.25, 0.3) is 0 Å². The molecule has 0 aliphatic heterocycles. The van der Waals surface area contributed by atoms with E-state index < -0.39 is 0 Å². The van der Waals surface area contributed by atoms with Crippen molar-refractivity contribution in [2.24, 2.45) is 0 Å². The second-order valence-electron chi connectivity index (χ2n) is 6.11. The van der Waals surface area contributed by atoms with E-state index in [0.29, 0.717) is 18.0 Å². The van der Waals surface area contributed by atoms with Crippen LogP contribution in [0, 0.1) is 0 Å². The van der Waals surface area contributed by atoms with Crippen LogP contribution < -0.4 is 14.8 Å². The summed E-state index contributed by atoms with van der Waals surface area (Å²) in [7, 11) is 3.20. The molecule has 0 radical (unpaired) electrons. The molecule has 134 valence electrons. The molecule has 0 spiro atoms. The summed E-state index contributed by atoms with van der Waals surface area (Å²) in [5.74, 6) is 1.37. The van der Waals surface area contributed by atoms with Gasteiger partial charge in [-0.2, -0.15) is 0 Å². The summed E-state index contributed by atoms with van der Waals surface area (Å²) in [4.78, 5) is 14.2. The molecule has 1 fully saturated rings. The van der Waals surface area contributed by atoms with Gasteiger partial charge in [0.2, 0.25) is 0 Å². The van der Waals surface area contributed by atoms with Crippen LogP contribution in [0.5, 0.6) is 11.5 Å². The summed E-state index contributed by atoms with van der Waals surface area (Å²) in [6, 6.07) is 5.63. The topological polar surface area (TPSA) is 71.0 Å². The van der Waals surface area contributed by atoms with Gasteiger partial charge in [-0.15, -0.1) is 0 Å². The van der Waals surface area contributed by atoms with E-state index in [0.717, 1.165) is 31.2 Å². The summed E-state index contributed by atoms with van der Waals surface area (Å²) in [5.41, 5.74) is 0.880. The predicted octanol–water partition coefficient (Wildman–Crippen LogP) is 2.54. The number of carbonyl (C=O) groups is 1. The van der Waals surface area contributed by atoms with E-state index in [9.17, 15) is 9.90 Å². The fraction of sp³-hybridized carbons (Fsp3) is 0.611. The van der Waals surface area contributed by atoms with Gasteiger partial charge in [0.15, 0.2) is 0 Å². The van der Waals surface area contributed by atoms with E-state index in [1.54, 1.807) is 25.2 Å². The van der Waals surface area contributed by atoms with Crippen LogP contribution >= 0.6 is 0 Å². The summed E-state index contributed by atoms with van der Waals surface area (Å²) < 4.78 is 10.6. The average Bonchev–Trinajstić information content (AvgIpc) is 2.62. The van der Waals surface area contributed by atoms with Gasteiger partial charge in [0.25, 0.3) is 0 Å². The number of amides is 2. The van der Waals surface area contributed by atoms with Gasteiger partial charge in [-0.3, -0.25) is 0 Å². The molecule has 24 heavy (non-hydrogen) atoms. The maximum atomic E-state index is 12.6. The van der Waals surface area contributed by atoms with Crippen molar-refractivity contribution in [2.75, 3.05) is 27.4 Å². The molecule has 1 aliphatic carbocycles. The number of rotatable bonds is 7. The Morgan fingerprint density at radius 1 is 1.25 bits per heavy atom. The Balaban J connectivity index is 2.05. The first kappa shape index (κ1) is 18.4. The van der Waals surface area contributed by atoms with Crippen molar-refractivity contribution in [3.63, 3.8) is 0 Å². The average molecular weight is 336 g/mol. The van der Waals surface area contributed by atoms with Crippen molar-refractivity contribution in [2.45, 2.75) is 44.7 Å². The van der Waals surface area contributed by atoms with Gasteiger partial charge in [0.1, 0.15) is 11.5 Å². The number of nitrogens with zero attached hydrogens (tertiary/aromatic N) is 1. The molecule has 0 heterocycles. The molecule has 2 N–H and O–H groups in total. The molecule has 1 saturated carbocycles. The van der Waals surface area contributed by atoms with Crippen LogP contribution in [-0.2, 0) is 6.54 Å². The van der Waals surface area contributed by atoms with Crippen molar-refractivity contribution < 1.29 is 19.4 Å². The lowest BCUT2D eigenvalue weighted by molar-refractivity contribution is 0.167. The van der Waals surface area contributed by atoms with Crippen molar-refractivity contribution in [1.29, 1.82) is 0 Å². The lowest BCUT2D eigenvalue weighted by Gasteiger charge is -2.28. The number of hydrogen-bond acceptors (Lipinski definition) is 4. The monoisotopic (exact) mass is 336 g/mol. The second kappa shape index (κ2) is 9.37. The molecule has 2 amide bonds. The molecule has 1 aromatic rings. The number of aliphatic hydroxyl groups is 1. The van der Waals surface area contributed by atoms with Gasteiger partial charge in [-0.1, -0.05) is 19.3 Å². The molecule has 0 aromatic heterocycles. The zero-order valence-electron chi connectivity index (χ0n) is 14.6. The highest BCUT2D eigenvalue weighted by atomic mass is 16.5. The Morgan fingerprint density at radius 3 is 2.62 bits per heavy atom. The molecule has 2 rings (SSSR count). The number of hydrogen-bond donors (Lipinski definition) is 2. The van der Waals surface area contributed by atoms with Gasteiger partial charge in [-0.05, 0) is 25.0 Å². The van der Waals surface area contributed by atoms with Crippen molar-refractivity contribution in [1.82, 2.24) is 10.2 Å². The van der Waals surface area contributed by atoms with E-state index in [1.165, 1.54) is 6.42 Å². The Morgan fingerprint density at radius 2 is 2.00 bits per heavy atom. The van der Waals surface area contributed by atoms with E-state index in [4.69, 9.17) is 9.47 Å². The largest absolute Gasteiger partial charge is 0.497 e. The normalized spacial score (nSPS) is 15.0. The van der Waals surface area contributed by atoms with Crippen LogP contribution in [0.2, 0.25) is 0 Å². The minimum Gasteiger partial charge on any atom is -0.497 e. The zero-order valence-corrected chi connectivity index (χ0v) is 14.6. The minimum atomic E-state index is -0.131. The molecule has 0 unspecified atom stereocenters. The Bertz CT molecular complexity index is 530. The standard InChI is InChI=1S/C18H28N2O4/c1-23-16-9-8-14(17(12-16)24-2)13-20(10-11-21)18(22)19-15-6-4-3-5-7-15/h8-9,12,15,21H,3-7,10-11,13H2,1-2H3,(H,19,22). The minimum absolute atomic E-state index is 0.0729. The molecule has 0 atom stereocenters. The third-order valence-corrected chi connectivity index (χ3v) is 4.45. The molecule has 1 aliphatic rings. The highest BCUT2D eigenvalue weighted by Crippen LogP contribution is 2.26. The van der Waals surface area contributed by atoms with Crippen molar-refractivity contribution in [3.05, 3.63) is 23.8 Å². The molecule has 6 nitrogen and oxygen atoms in total. The summed E-state index contributed by atoms with van der Waals surface area (Å²) >= 11 is 0. The number of urea groups is 1. The van der Waals surface area contributed by atoms with Crippen molar-refractivity contribution >= 4 is 6.03 Å². The molecule has 0 bridgehead atoms. The number of methoxy groups -OCH3 is 2. The molecular weight excluding hydrogens is 308 g/mol. The third-order valence-electron chi connectivity index (χ3n) is 4.45. The smallest absolute Gasteiger partial charge is 0.317 e. The van der Waals surface area contributed by atoms with Crippen molar-refractivity contribution in [3.8, 4) is 11.5 Å². The van der Waals surface area contributed by atoms with Crippen LogP contribution in [0.4, 0.5) is 4.79 Å². The lowest BCUT2D eigenvalue weighted by Crippen LogP contribution is -2.46. The van der Waals surface area contributed by atoms with Crippen LogP contribution in [0.3, 0.4) is 0 Å². The summed E-state index contributed by atoms with van der Waals surface area (Å²) in [6.07, 6.45) is 5.64. The quantitative estimate of drug-likeness (QED) is 0.803. The summed E-state index contributed by atoms with van der Waals surface area (Å²) in [6.45, 7) is 0.594. The first-order valence-electron chi connectivity index (χ1n) is 8.55. The maximum absolute atomic E-state index is 12.6. The number of carbonyl (C=O) groups excluding carboxylic acids is 1. The first-order chi connectivity index (χ1) is 11.7. The summed E-state index contributed by atoms with van der Waals surface area (Å²) in [5, 5.41) is 12.4. The van der Waals surface area contributed by atoms with E-state index in [1.807, 2.05) is 12.1 Å². The van der Waals surface area contributed by atoms with Gasteiger partial charge < -0.3 is 24.8 Å². The number of benzene rings is 1. The predicted molar refractivity (Wildman–Crippen MR) is 92.4 cm³/mol. The Kier molecular flexibility index (Phi) is 7.18. The SMILES string of the molecule is COc1ccc(CN(CCO)C(=O)NC2CCCCC2)c(OC)c1. The third kappa shape index (κ3) is 5.03. The maximum Gasteiger partial charge on any atom is 0.317 e. The van der Waals surface area contributed by atoms with Crippen LogP contribution in [0.1, 0.15) is 37.7 Å². The number of ether oxygens (including phenoxy) is 2. The van der Waals surface area contributed by atoms with Gasteiger partial charge >= 0.3 is 6.03 Å². The van der Waals surface area contributed by atoms with E-state index in [-0.39, 0.29) is 25.2 Å². The fourth-order valence-electron chi connectivity index (χ4n) is 3.07. The molecule has 6 heteroatoms. The van der Waals surface area contributed by atoms with E-state index in [2.05, 4.69) is 5.32 Å². The lowest BCUT2D eigenvalue weighted by atomic mass is 9.96. The Hall–Kier alpha value is -1.95. The van der Waals surface area contributed by atoms with Crippen LogP contribution in [-0.4, -0.2) is 49.5 Å². The first-order valence-corrected chi connectivity index (χ1v) is 8.55. The fourth-order valence-corrected chi connectivity index (χ4v) is 3.07. The van der Waals surface area contributed by atoms with Gasteiger partial charge in [0.05, 0.1) is 27.4 Å². The second-order valence-corrected chi connectivity index (χ2v) is 6.11. The zero-order chi connectivity index (χ0) is 17.4. The molecule has 1 aromatic carbocycles. The van der Waals surface area contributed by atoms with Crippen LogP contribution in [0.15, 0.2) is 18.2 Å². The highest BCUT2D eigenvalue weighted by molar-refractivity contribution is 5.74. The van der Waals surface area contributed by atoms with Gasteiger partial charge in [0, 0.05) is 24.2 Å². The van der Waals surface area contributed by atoms with E-state index >= 15 is 0 Å². The Labute approximate surface area is 143 Å². The highest BCUT2D eigenvalue weighted by Gasteiger charge is 2.21. The number of aliphatic hydroxyl groups excluding tert-OH is 1. The molecular formula is C18H28N2O4. The number of nitrogens with one attached hydrogen (secondary N) is 1. The molecule has 0 saturated heterocycles.